The number of benzene rings is 1. The largest absolute Gasteiger partial charge is 0.386 e. The van der Waals surface area contributed by atoms with Crippen molar-refractivity contribution in [3.63, 3.8) is 0 Å². The van der Waals surface area contributed by atoms with Crippen molar-refractivity contribution < 1.29 is 14.6 Å². The zero-order chi connectivity index (χ0) is 13.0. The highest BCUT2D eigenvalue weighted by atomic mass is 16.5. The van der Waals surface area contributed by atoms with Gasteiger partial charge in [0, 0.05) is 5.56 Å². The first-order chi connectivity index (χ1) is 9.16. The van der Waals surface area contributed by atoms with E-state index in [2.05, 4.69) is 0 Å². The molecular weight excluding hydrogens is 242 g/mol. The second kappa shape index (κ2) is 3.81. The Balaban J connectivity index is 1.49. The number of ether oxygens (including phenoxy) is 1. The number of rotatable bonds is 2. The van der Waals surface area contributed by atoms with Crippen molar-refractivity contribution in [1.29, 1.82) is 0 Å². The van der Waals surface area contributed by atoms with Crippen LogP contribution in [0, 0.1) is 5.92 Å². The molecule has 4 nitrogen and oxygen atoms in total. The van der Waals surface area contributed by atoms with Crippen LogP contribution in [0.4, 0.5) is 0 Å². The molecule has 3 aliphatic rings. The smallest absolute Gasteiger partial charge is 0.254 e. The van der Waals surface area contributed by atoms with Gasteiger partial charge in [0.1, 0.15) is 5.60 Å². The molecule has 2 aliphatic heterocycles. The molecule has 1 N–H and O–H groups in total. The van der Waals surface area contributed by atoms with Gasteiger partial charge in [0.2, 0.25) is 0 Å². The Labute approximate surface area is 112 Å². The topological polar surface area (TPSA) is 49.8 Å². The molecule has 0 bridgehead atoms. The second-order valence-corrected chi connectivity index (χ2v) is 6.02. The van der Waals surface area contributed by atoms with E-state index in [1.165, 1.54) is 5.56 Å². The number of hydrogen-bond donors (Lipinski definition) is 1. The summed E-state index contributed by atoms with van der Waals surface area (Å²) in [7, 11) is 0. The lowest BCUT2D eigenvalue weighted by atomic mass is 9.88. The van der Waals surface area contributed by atoms with Crippen molar-refractivity contribution in [3.05, 3.63) is 34.9 Å². The quantitative estimate of drug-likeness (QED) is 0.871. The van der Waals surface area contributed by atoms with Crippen LogP contribution in [0.15, 0.2) is 18.2 Å². The number of aliphatic hydroxyl groups is 1. The van der Waals surface area contributed by atoms with Crippen LogP contribution in [0.1, 0.15) is 34.3 Å². The molecular formula is C15H17NO3. The standard InChI is InChI=1S/C15H17NO3/c17-14(16-8-15(18,9-16)13-3-4-13)10-1-2-11-6-19-7-12(11)5-10/h1-2,5,13,18H,3-4,6-9H2. The third-order valence-electron chi connectivity index (χ3n) is 4.52. The van der Waals surface area contributed by atoms with Crippen molar-refractivity contribution in [2.75, 3.05) is 13.1 Å². The summed E-state index contributed by atoms with van der Waals surface area (Å²) in [4.78, 5) is 14.1. The van der Waals surface area contributed by atoms with Crippen molar-refractivity contribution in [2.45, 2.75) is 31.7 Å². The van der Waals surface area contributed by atoms with Crippen LogP contribution >= 0.6 is 0 Å². The molecule has 1 aromatic rings. The van der Waals surface area contributed by atoms with E-state index in [9.17, 15) is 9.90 Å². The number of amides is 1. The first-order valence-corrected chi connectivity index (χ1v) is 6.87. The SMILES string of the molecule is O=C(c1ccc2c(c1)COC2)N1CC(O)(C2CC2)C1. The van der Waals surface area contributed by atoms with E-state index in [0.717, 1.165) is 18.4 Å². The van der Waals surface area contributed by atoms with Gasteiger partial charge >= 0.3 is 0 Å². The molecule has 1 saturated carbocycles. The monoisotopic (exact) mass is 259 g/mol. The number of carbonyl (C=O) groups is 1. The Kier molecular flexibility index (Phi) is 2.29. The molecule has 0 radical (unpaired) electrons. The van der Waals surface area contributed by atoms with Crippen LogP contribution in [0.3, 0.4) is 0 Å². The summed E-state index contributed by atoms with van der Waals surface area (Å²) in [6.07, 6.45) is 2.21. The molecule has 1 aliphatic carbocycles. The Bertz CT molecular complexity index is 544. The fourth-order valence-corrected chi connectivity index (χ4v) is 3.12. The Morgan fingerprint density at radius 3 is 2.74 bits per heavy atom. The van der Waals surface area contributed by atoms with E-state index in [-0.39, 0.29) is 5.91 Å². The van der Waals surface area contributed by atoms with E-state index in [0.29, 0.717) is 37.8 Å². The summed E-state index contributed by atoms with van der Waals surface area (Å²) >= 11 is 0. The van der Waals surface area contributed by atoms with E-state index < -0.39 is 5.60 Å². The van der Waals surface area contributed by atoms with Crippen molar-refractivity contribution in [2.24, 2.45) is 5.92 Å². The normalized spacial score (nSPS) is 23.9. The van der Waals surface area contributed by atoms with Gasteiger partial charge in [-0.1, -0.05) is 6.07 Å². The Morgan fingerprint density at radius 2 is 2.00 bits per heavy atom. The molecule has 4 rings (SSSR count). The molecule has 0 atom stereocenters. The number of likely N-dealkylation sites (tertiary alicyclic amines) is 1. The predicted octanol–water partition coefficient (Wildman–Crippen LogP) is 1.31. The van der Waals surface area contributed by atoms with Crippen molar-refractivity contribution in [1.82, 2.24) is 4.90 Å². The maximum Gasteiger partial charge on any atom is 0.254 e. The van der Waals surface area contributed by atoms with Gasteiger partial charge in [-0.25, -0.2) is 0 Å². The average Bonchev–Trinajstić information content (AvgIpc) is 3.12. The highest BCUT2D eigenvalue weighted by molar-refractivity contribution is 5.95. The van der Waals surface area contributed by atoms with E-state index >= 15 is 0 Å². The summed E-state index contributed by atoms with van der Waals surface area (Å²) in [5.41, 5.74) is 2.40. The summed E-state index contributed by atoms with van der Waals surface area (Å²) in [5, 5.41) is 10.3. The minimum Gasteiger partial charge on any atom is -0.386 e. The zero-order valence-corrected chi connectivity index (χ0v) is 10.8. The number of nitrogens with zero attached hydrogens (tertiary/aromatic N) is 1. The maximum absolute atomic E-state index is 12.3. The fourth-order valence-electron chi connectivity index (χ4n) is 3.12. The van der Waals surface area contributed by atoms with E-state index in [1.54, 1.807) is 4.90 Å². The molecule has 0 unspecified atom stereocenters. The van der Waals surface area contributed by atoms with E-state index in [4.69, 9.17) is 4.74 Å². The molecule has 4 heteroatoms. The minimum absolute atomic E-state index is 0.0278. The van der Waals surface area contributed by atoms with Gasteiger partial charge in [-0.15, -0.1) is 0 Å². The van der Waals surface area contributed by atoms with Gasteiger partial charge < -0.3 is 14.7 Å². The van der Waals surface area contributed by atoms with Gasteiger partial charge in [-0.3, -0.25) is 4.79 Å². The van der Waals surface area contributed by atoms with Crippen LogP contribution < -0.4 is 0 Å². The molecule has 1 aromatic carbocycles. The van der Waals surface area contributed by atoms with Crippen LogP contribution in [0.25, 0.3) is 0 Å². The maximum atomic E-state index is 12.3. The molecule has 1 saturated heterocycles. The van der Waals surface area contributed by atoms with Gasteiger partial charge in [0.05, 0.1) is 26.3 Å². The molecule has 1 amide bonds. The molecule has 2 fully saturated rings. The van der Waals surface area contributed by atoms with Crippen LogP contribution in [-0.2, 0) is 18.0 Å². The summed E-state index contributed by atoms with van der Waals surface area (Å²) in [5.74, 6) is 0.449. The molecule has 19 heavy (non-hydrogen) atoms. The molecule has 100 valence electrons. The third kappa shape index (κ3) is 1.78. The highest BCUT2D eigenvalue weighted by Crippen LogP contribution is 2.44. The molecule has 2 heterocycles. The Hall–Kier alpha value is -1.39. The zero-order valence-electron chi connectivity index (χ0n) is 10.8. The summed E-state index contributed by atoms with van der Waals surface area (Å²) < 4.78 is 5.36. The average molecular weight is 259 g/mol. The fraction of sp³-hybridized carbons (Fsp3) is 0.533. The van der Waals surface area contributed by atoms with Gasteiger partial charge in [0.15, 0.2) is 0 Å². The van der Waals surface area contributed by atoms with Crippen LogP contribution in [0.2, 0.25) is 0 Å². The van der Waals surface area contributed by atoms with Gasteiger partial charge in [-0.2, -0.15) is 0 Å². The summed E-state index contributed by atoms with van der Waals surface area (Å²) in [6.45, 7) is 2.23. The summed E-state index contributed by atoms with van der Waals surface area (Å²) in [6, 6.07) is 5.77. The van der Waals surface area contributed by atoms with E-state index in [1.807, 2.05) is 18.2 Å². The number of β-amino-alcohol motifs (C(OH)–C–C–N with tert-alkyl or cyclic N) is 1. The molecule has 0 aromatic heterocycles. The molecule has 0 spiro atoms. The van der Waals surface area contributed by atoms with Crippen LogP contribution in [-0.4, -0.2) is 34.6 Å². The minimum atomic E-state index is -0.602. The lowest BCUT2D eigenvalue weighted by Gasteiger charge is -2.47. The Morgan fingerprint density at radius 1 is 1.26 bits per heavy atom. The van der Waals surface area contributed by atoms with Gasteiger partial charge in [0.25, 0.3) is 5.91 Å². The van der Waals surface area contributed by atoms with Crippen molar-refractivity contribution in [3.8, 4) is 0 Å². The van der Waals surface area contributed by atoms with Crippen LogP contribution in [0.5, 0.6) is 0 Å². The predicted molar refractivity (Wildman–Crippen MR) is 68.5 cm³/mol. The van der Waals surface area contributed by atoms with Gasteiger partial charge in [-0.05, 0) is 42.0 Å². The third-order valence-corrected chi connectivity index (χ3v) is 4.52. The lowest BCUT2D eigenvalue weighted by Crippen LogP contribution is -2.64. The van der Waals surface area contributed by atoms with Crippen molar-refractivity contribution >= 4 is 5.91 Å². The first kappa shape index (κ1) is 11.4. The first-order valence-electron chi connectivity index (χ1n) is 6.87. The second-order valence-electron chi connectivity index (χ2n) is 6.02. The number of fused-ring (bicyclic) bond motifs is 1. The highest BCUT2D eigenvalue weighted by Gasteiger charge is 2.53. The number of carbonyl (C=O) groups excluding carboxylic acids is 1. The lowest BCUT2D eigenvalue weighted by molar-refractivity contribution is -0.0958. The number of hydrogen-bond acceptors (Lipinski definition) is 3.